The zero-order valence-electron chi connectivity index (χ0n) is 18.9. The largest absolute Gasteiger partial charge is 0.461 e. The summed E-state index contributed by atoms with van der Waals surface area (Å²) in [4.78, 5) is 51.6. The second kappa shape index (κ2) is 12.7. The number of hydrogen-bond donors (Lipinski definition) is 0. The van der Waals surface area contributed by atoms with Gasteiger partial charge in [0.05, 0.1) is 12.7 Å². The van der Waals surface area contributed by atoms with Crippen molar-refractivity contribution < 1.29 is 28.7 Å². The molecule has 1 amide bonds. The van der Waals surface area contributed by atoms with Gasteiger partial charge in [0.1, 0.15) is 17.6 Å². The van der Waals surface area contributed by atoms with E-state index in [2.05, 4.69) is 0 Å². The van der Waals surface area contributed by atoms with E-state index < -0.39 is 23.8 Å². The van der Waals surface area contributed by atoms with Crippen LogP contribution in [-0.2, 0) is 28.7 Å². The number of cyclic esters (lactones) is 1. The van der Waals surface area contributed by atoms with Crippen molar-refractivity contribution in [2.75, 3.05) is 13.2 Å². The number of allylic oxidation sites excluding steroid dienone is 2. The van der Waals surface area contributed by atoms with E-state index in [0.29, 0.717) is 32.1 Å². The molecule has 0 saturated carbocycles. The van der Waals surface area contributed by atoms with Crippen LogP contribution in [0.2, 0.25) is 0 Å². The number of Topliss-reactive ketones (excluding diaryl/α,β-unsaturated/α-hetero) is 2. The van der Waals surface area contributed by atoms with Gasteiger partial charge >= 0.3 is 5.97 Å². The highest BCUT2D eigenvalue weighted by Gasteiger charge is 2.36. The van der Waals surface area contributed by atoms with Crippen LogP contribution < -0.4 is 0 Å². The summed E-state index contributed by atoms with van der Waals surface area (Å²) in [6.45, 7) is 0.326. The molecule has 2 bridgehead atoms. The van der Waals surface area contributed by atoms with Gasteiger partial charge < -0.3 is 9.47 Å². The van der Waals surface area contributed by atoms with E-state index in [9.17, 15) is 19.2 Å². The summed E-state index contributed by atoms with van der Waals surface area (Å²) < 4.78 is 11.3. The summed E-state index contributed by atoms with van der Waals surface area (Å²) in [5, 5.41) is 0. The third-order valence-electron chi connectivity index (χ3n) is 6.34. The normalized spacial score (nSPS) is 27.8. The van der Waals surface area contributed by atoms with Gasteiger partial charge in [-0.05, 0) is 51.0 Å². The molecule has 7 heteroatoms. The Labute approximate surface area is 190 Å². The molecule has 2 atom stereocenters. The Kier molecular flexibility index (Phi) is 9.65. The summed E-state index contributed by atoms with van der Waals surface area (Å²) in [6, 6.07) is 0. The van der Waals surface area contributed by atoms with Gasteiger partial charge in [-0.3, -0.25) is 19.3 Å². The number of fused-ring (bicyclic) bond motifs is 3. The number of carbonyl (C=O) groups is 4. The van der Waals surface area contributed by atoms with Gasteiger partial charge in [-0.25, -0.2) is 4.79 Å². The zero-order chi connectivity index (χ0) is 22.8. The van der Waals surface area contributed by atoms with Crippen molar-refractivity contribution in [2.45, 2.75) is 95.7 Å². The fraction of sp³-hybridized carbons (Fsp3) is 0.680. The van der Waals surface area contributed by atoms with E-state index >= 15 is 0 Å². The Morgan fingerprint density at radius 3 is 2.38 bits per heavy atom. The van der Waals surface area contributed by atoms with Crippen molar-refractivity contribution in [1.29, 1.82) is 0 Å². The van der Waals surface area contributed by atoms with Gasteiger partial charge in [-0.1, -0.05) is 37.8 Å². The highest BCUT2D eigenvalue weighted by Crippen LogP contribution is 2.25. The molecular weight excluding hydrogens is 410 g/mol. The highest BCUT2D eigenvalue weighted by molar-refractivity contribution is 6.38. The maximum absolute atomic E-state index is 13.0. The van der Waals surface area contributed by atoms with Crippen molar-refractivity contribution in [3.05, 3.63) is 23.9 Å². The van der Waals surface area contributed by atoms with Gasteiger partial charge in [0.25, 0.3) is 5.91 Å². The highest BCUT2D eigenvalue weighted by atomic mass is 16.5. The van der Waals surface area contributed by atoms with Crippen LogP contribution in [0.1, 0.15) is 83.5 Å². The number of carbonyl (C=O) groups excluding carboxylic acids is 4. The van der Waals surface area contributed by atoms with Crippen molar-refractivity contribution in [3.63, 3.8) is 0 Å². The van der Waals surface area contributed by atoms with Crippen LogP contribution in [0, 0.1) is 0 Å². The molecule has 3 rings (SSSR count). The lowest BCUT2D eigenvalue weighted by Crippen LogP contribution is -2.46. The molecule has 0 spiro atoms. The first-order valence-corrected chi connectivity index (χ1v) is 12.1. The zero-order valence-corrected chi connectivity index (χ0v) is 18.9. The summed E-state index contributed by atoms with van der Waals surface area (Å²) in [5.41, 5.74) is 0.0696. The Morgan fingerprint density at radius 1 is 0.812 bits per heavy atom. The van der Waals surface area contributed by atoms with E-state index in [1.807, 2.05) is 0 Å². The van der Waals surface area contributed by atoms with Crippen molar-refractivity contribution in [1.82, 2.24) is 4.90 Å². The molecule has 0 aliphatic carbocycles. The maximum atomic E-state index is 13.0. The number of amides is 1. The van der Waals surface area contributed by atoms with E-state index in [1.165, 1.54) is 11.0 Å². The topological polar surface area (TPSA) is 90.0 Å². The molecule has 32 heavy (non-hydrogen) atoms. The Morgan fingerprint density at radius 2 is 1.53 bits per heavy atom. The van der Waals surface area contributed by atoms with Crippen molar-refractivity contribution in [2.24, 2.45) is 0 Å². The number of rotatable bonds is 0. The molecule has 0 aromatic rings. The Balaban J connectivity index is 1.66. The number of ether oxygens (including phenoxy) is 2. The minimum atomic E-state index is -0.746. The van der Waals surface area contributed by atoms with Crippen molar-refractivity contribution >= 4 is 23.4 Å². The SMILES string of the molecule is O=C1CCCCCCC[C@@H]2CCC[C@H](O2)C(=O)C(=O)N2CC=CC=C2C(=O)OCCCC1. The lowest BCUT2D eigenvalue weighted by molar-refractivity contribution is -0.156. The fourth-order valence-corrected chi connectivity index (χ4v) is 4.47. The van der Waals surface area contributed by atoms with Gasteiger partial charge in [-0.15, -0.1) is 0 Å². The van der Waals surface area contributed by atoms with Crippen LogP contribution in [0.15, 0.2) is 23.9 Å². The van der Waals surface area contributed by atoms with E-state index in [4.69, 9.17) is 9.47 Å². The molecule has 176 valence electrons. The Bertz CT molecular complexity index is 756. The third kappa shape index (κ3) is 7.12. The monoisotopic (exact) mass is 445 g/mol. The number of nitrogens with zero attached hydrogens (tertiary/aromatic N) is 1. The first kappa shape index (κ1) is 24.4. The molecule has 3 aliphatic heterocycles. The summed E-state index contributed by atoms with van der Waals surface area (Å²) in [5.74, 6) is -1.68. The molecule has 3 aliphatic rings. The van der Waals surface area contributed by atoms with Crippen LogP contribution in [-0.4, -0.2) is 53.7 Å². The lowest BCUT2D eigenvalue weighted by Gasteiger charge is -2.31. The van der Waals surface area contributed by atoms with Crippen LogP contribution >= 0.6 is 0 Å². The minimum absolute atomic E-state index is 0.0117. The second-order valence-electron chi connectivity index (χ2n) is 8.88. The predicted octanol–water partition coefficient (Wildman–Crippen LogP) is 3.80. The second-order valence-corrected chi connectivity index (χ2v) is 8.88. The quantitative estimate of drug-likeness (QED) is 0.416. The summed E-state index contributed by atoms with van der Waals surface area (Å²) in [7, 11) is 0. The summed E-state index contributed by atoms with van der Waals surface area (Å²) >= 11 is 0. The molecule has 2 saturated heterocycles. The summed E-state index contributed by atoms with van der Waals surface area (Å²) in [6.07, 6.45) is 14.8. The molecule has 0 radical (unpaired) electrons. The number of esters is 1. The first-order valence-electron chi connectivity index (χ1n) is 12.1. The number of hydrogen-bond acceptors (Lipinski definition) is 6. The van der Waals surface area contributed by atoms with Gasteiger partial charge in [0, 0.05) is 19.4 Å². The van der Waals surface area contributed by atoms with E-state index in [1.54, 1.807) is 12.2 Å². The standard InChI is InChI=1S/C25H35NO6/c27-19-11-4-2-1-3-5-13-20-14-10-16-22(32-20)23(28)24(29)26-17-8-6-15-21(26)25(30)31-18-9-7-12-19/h6,8,15,20,22H,1-5,7,9-14,16-18H2/t20-,22+/m1/s1. The number of ketones is 2. The molecule has 3 heterocycles. The molecule has 2 fully saturated rings. The molecule has 0 aromatic carbocycles. The molecule has 0 N–H and O–H groups in total. The average molecular weight is 446 g/mol. The third-order valence-corrected chi connectivity index (χ3v) is 6.34. The van der Waals surface area contributed by atoms with Gasteiger partial charge in [0.15, 0.2) is 0 Å². The molecule has 0 unspecified atom stereocenters. The molecular formula is C25H35NO6. The molecule has 7 nitrogen and oxygen atoms in total. The van der Waals surface area contributed by atoms with Crippen LogP contribution in [0.25, 0.3) is 0 Å². The first-order chi connectivity index (χ1) is 15.6. The molecule has 0 aromatic heterocycles. The van der Waals surface area contributed by atoms with Gasteiger partial charge in [0.2, 0.25) is 5.78 Å². The van der Waals surface area contributed by atoms with Gasteiger partial charge in [-0.2, -0.15) is 0 Å². The average Bonchev–Trinajstić information content (AvgIpc) is 2.81. The lowest BCUT2D eigenvalue weighted by atomic mass is 9.96. The van der Waals surface area contributed by atoms with Crippen molar-refractivity contribution in [3.8, 4) is 0 Å². The predicted molar refractivity (Wildman–Crippen MR) is 119 cm³/mol. The fourth-order valence-electron chi connectivity index (χ4n) is 4.47. The van der Waals surface area contributed by atoms with E-state index in [-0.39, 0.29) is 30.7 Å². The Hall–Kier alpha value is -2.28. The van der Waals surface area contributed by atoms with E-state index in [0.717, 1.165) is 51.4 Å². The van der Waals surface area contributed by atoms with Crippen LogP contribution in [0.4, 0.5) is 0 Å². The van der Waals surface area contributed by atoms with Crippen LogP contribution in [0.3, 0.4) is 0 Å². The van der Waals surface area contributed by atoms with Crippen LogP contribution in [0.5, 0.6) is 0 Å². The smallest absolute Gasteiger partial charge is 0.355 e. The maximum Gasteiger partial charge on any atom is 0.355 e. The minimum Gasteiger partial charge on any atom is -0.461 e.